The first-order valence-corrected chi connectivity index (χ1v) is 8.76. The van der Waals surface area contributed by atoms with Crippen molar-refractivity contribution < 1.29 is 19.0 Å². The Balaban J connectivity index is 1.60. The summed E-state index contributed by atoms with van der Waals surface area (Å²) in [6.45, 7) is 8.51. The molecule has 0 saturated carbocycles. The zero-order valence-corrected chi connectivity index (χ0v) is 15.7. The topological polar surface area (TPSA) is 56.8 Å². The Bertz CT molecular complexity index is 795. The minimum atomic E-state index is -0.168. The Morgan fingerprint density at radius 3 is 2.65 bits per heavy atom. The standard InChI is InChI=1S/C21H25NO4/c1-14(15-9-10-18-19(11-15)26-13-25-18)22-20(23)12-24-17-8-6-5-7-16(17)21(2,3)4/h5-11,14H,12-13H2,1-4H3,(H,22,23). The first kappa shape index (κ1) is 18.1. The largest absolute Gasteiger partial charge is 0.483 e. The third-order valence-electron chi connectivity index (χ3n) is 4.33. The molecule has 0 fully saturated rings. The summed E-state index contributed by atoms with van der Waals surface area (Å²) in [4.78, 5) is 12.3. The van der Waals surface area contributed by atoms with E-state index in [4.69, 9.17) is 14.2 Å². The first-order chi connectivity index (χ1) is 12.3. The van der Waals surface area contributed by atoms with Crippen LogP contribution in [0.15, 0.2) is 42.5 Å². The highest BCUT2D eigenvalue weighted by Crippen LogP contribution is 2.34. The van der Waals surface area contributed by atoms with Crippen molar-refractivity contribution >= 4 is 5.91 Å². The third kappa shape index (κ3) is 4.10. The van der Waals surface area contributed by atoms with Gasteiger partial charge in [0, 0.05) is 0 Å². The average molecular weight is 355 g/mol. The smallest absolute Gasteiger partial charge is 0.258 e. The molecule has 1 heterocycles. The van der Waals surface area contributed by atoms with E-state index in [1.807, 2.05) is 49.4 Å². The van der Waals surface area contributed by atoms with Gasteiger partial charge in [0.2, 0.25) is 6.79 Å². The molecular formula is C21H25NO4. The molecule has 0 bridgehead atoms. The fraction of sp³-hybridized carbons (Fsp3) is 0.381. The van der Waals surface area contributed by atoms with Gasteiger partial charge in [-0.1, -0.05) is 45.0 Å². The number of amides is 1. The van der Waals surface area contributed by atoms with Gasteiger partial charge in [0.1, 0.15) is 5.75 Å². The van der Waals surface area contributed by atoms with Crippen molar-refractivity contribution in [1.82, 2.24) is 5.32 Å². The summed E-state index contributed by atoms with van der Waals surface area (Å²) in [6.07, 6.45) is 0. The second kappa shape index (κ2) is 7.28. The van der Waals surface area contributed by atoms with Crippen molar-refractivity contribution in [2.45, 2.75) is 39.2 Å². The maximum atomic E-state index is 12.3. The van der Waals surface area contributed by atoms with Crippen LogP contribution in [0.4, 0.5) is 0 Å². The molecule has 2 aromatic carbocycles. The molecule has 2 aromatic rings. The van der Waals surface area contributed by atoms with E-state index in [0.717, 1.165) is 22.6 Å². The van der Waals surface area contributed by atoms with Crippen LogP contribution in [0.1, 0.15) is 44.9 Å². The summed E-state index contributed by atoms with van der Waals surface area (Å²) in [7, 11) is 0. The maximum Gasteiger partial charge on any atom is 0.258 e. The van der Waals surface area contributed by atoms with E-state index in [-0.39, 0.29) is 30.8 Å². The van der Waals surface area contributed by atoms with Crippen molar-refractivity contribution in [3.05, 3.63) is 53.6 Å². The molecule has 5 nitrogen and oxygen atoms in total. The van der Waals surface area contributed by atoms with Crippen LogP contribution in [0, 0.1) is 0 Å². The molecule has 0 spiro atoms. The Labute approximate surface area is 154 Å². The SMILES string of the molecule is CC(NC(=O)COc1ccccc1C(C)(C)C)c1ccc2c(c1)OCO2. The molecule has 0 radical (unpaired) electrons. The predicted molar refractivity (Wildman–Crippen MR) is 99.8 cm³/mol. The van der Waals surface area contributed by atoms with Gasteiger partial charge in [0.25, 0.3) is 5.91 Å². The summed E-state index contributed by atoms with van der Waals surface area (Å²) < 4.78 is 16.5. The van der Waals surface area contributed by atoms with Crippen LogP contribution in [-0.2, 0) is 10.2 Å². The van der Waals surface area contributed by atoms with E-state index in [1.165, 1.54) is 0 Å². The molecule has 0 saturated heterocycles. The average Bonchev–Trinajstić information content (AvgIpc) is 3.07. The molecule has 1 amide bonds. The molecule has 1 N–H and O–H groups in total. The fourth-order valence-electron chi connectivity index (χ4n) is 2.90. The van der Waals surface area contributed by atoms with Crippen LogP contribution < -0.4 is 19.5 Å². The van der Waals surface area contributed by atoms with Crippen molar-refractivity contribution in [3.8, 4) is 17.2 Å². The quantitative estimate of drug-likeness (QED) is 0.882. The Morgan fingerprint density at radius 1 is 1.15 bits per heavy atom. The number of nitrogens with one attached hydrogen (secondary N) is 1. The zero-order valence-electron chi connectivity index (χ0n) is 15.7. The molecule has 1 atom stereocenters. The van der Waals surface area contributed by atoms with Crippen molar-refractivity contribution in [2.24, 2.45) is 0 Å². The summed E-state index contributed by atoms with van der Waals surface area (Å²) in [5, 5.41) is 2.96. The van der Waals surface area contributed by atoms with Crippen molar-refractivity contribution in [2.75, 3.05) is 13.4 Å². The lowest BCUT2D eigenvalue weighted by Crippen LogP contribution is -2.31. The molecule has 1 aliphatic heterocycles. The molecule has 138 valence electrons. The molecular weight excluding hydrogens is 330 g/mol. The van der Waals surface area contributed by atoms with Gasteiger partial charge in [-0.25, -0.2) is 0 Å². The molecule has 3 rings (SSSR count). The van der Waals surface area contributed by atoms with Gasteiger partial charge in [-0.3, -0.25) is 4.79 Å². The van der Waals surface area contributed by atoms with Gasteiger partial charge in [-0.15, -0.1) is 0 Å². The van der Waals surface area contributed by atoms with E-state index in [9.17, 15) is 4.79 Å². The van der Waals surface area contributed by atoms with E-state index >= 15 is 0 Å². The van der Waals surface area contributed by atoms with E-state index < -0.39 is 0 Å². The van der Waals surface area contributed by atoms with Gasteiger partial charge in [0.05, 0.1) is 6.04 Å². The summed E-state index contributed by atoms with van der Waals surface area (Å²) in [5.74, 6) is 2.01. The number of para-hydroxylation sites is 1. The molecule has 1 unspecified atom stereocenters. The highest BCUT2D eigenvalue weighted by Gasteiger charge is 2.20. The van der Waals surface area contributed by atoms with Gasteiger partial charge >= 0.3 is 0 Å². The normalized spacial score (nSPS) is 14.0. The predicted octanol–water partition coefficient (Wildman–Crippen LogP) is 3.97. The third-order valence-corrected chi connectivity index (χ3v) is 4.33. The van der Waals surface area contributed by atoms with Crippen molar-refractivity contribution in [3.63, 3.8) is 0 Å². The van der Waals surface area contributed by atoms with E-state index in [0.29, 0.717) is 5.75 Å². The summed E-state index contributed by atoms with van der Waals surface area (Å²) in [5.41, 5.74) is 1.99. The minimum Gasteiger partial charge on any atom is -0.483 e. The number of fused-ring (bicyclic) bond motifs is 1. The number of hydrogen-bond acceptors (Lipinski definition) is 4. The summed E-state index contributed by atoms with van der Waals surface area (Å²) >= 11 is 0. The van der Waals surface area contributed by atoms with Gasteiger partial charge in [-0.2, -0.15) is 0 Å². The van der Waals surface area contributed by atoms with Crippen LogP contribution >= 0.6 is 0 Å². The highest BCUT2D eigenvalue weighted by molar-refractivity contribution is 5.78. The monoisotopic (exact) mass is 355 g/mol. The number of carbonyl (C=O) groups excluding carboxylic acids is 1. The van der Waals surface area contributed by atoms with Crippen LogP contribution in [-0.4, -0.2) is 19.3 Å². The van der Waals surface area contributed by atoms with Crippen LogP contribution in [0.25, 0.3) is 0 Å². The lowest BCUT2D eigenvalue weighted by atomic mass is 9.86. The number of ether oxygens (including phenoxy) is 3. The van der Waals surface area contributed by atoms with Crippen LogP contribution in [0.2, 0.25) is 0 Å². The minimum absolute atomic E-state index is 0.0258. The molecule has 5 heteroatoms. The second-order valence-corrected chi connectivity index (χ2v) is 7.44. The number of benzene rings is 2. The highest BCUT2D eigenvalue weighted by atomic mass is 16.7. The lowest BCUT2D eigenvalue weighted by molar-refractivity contribution is -0.123. The van der Waals surface area contributed by atoms with E-state index in [1.54, 1.807) is 0 Å². The van der Waals surface area contributed by atoms with Gasteiger partial charge in [0.15, 0.2) is 18.1 Å². The van der Waals surface area contributed by atoms with Crippen LogP contribution in [0.5, 0.6) is 17.2 Å². The Morgan fingerprint density at radius 2 is 1.88 bits per heavy atom. The van der Waals surface area contributed by atoms with Crippen LogP contribution in [0.3, 0.4) is 0 Å². The molecule has 26 heavy (non-hydrogen) atoms. The van der Waals surface area contributed by atoms with E-state index in [2.05, 4.69) is 26.1 Å². The molecule has 0 aliphatic carbocycles. The number of carbonyl (C=O) groups is 1. The lowest BCUT2D eigenvalue weighted by Gasteiger charge is -2.23. The van der Waals surface area contributed by atoms with Crippen molar-refractivity contribution in [1.29, 1.82) is 0 Å². The Hall–Kier alpha value is -2.69. The number of hydrogen-bond donors (Lipinski definition) is 1. The zero-order chi connectivity index (χ0) is 18.7. The second-order valence-electron chi connectivity index (χ2n) is 7.44. The molecule has 1 aliphatic rings. The Kier molecular flexibility index (Phi) is 5.07. The van der Waals surface area contributed by atoms with Gasteiger partial charge in [-0.05, 0) is 41.7 Å². The maximum absolute atomic E-state index is 12.3. The van der Waals surface area contributed by atoms with Gasteiger partial charge < -0.3 is 19.5 Å². The molecule has 0 aromatic heterocycles. The first-order valence-electron chi connectivity index (χ1n) is 8.76. The summed E-state index contributed by atoms with van der Waals surface area (Å²) in [6, 6.07) is 13.3. The fourth-order valence-corrected chi connectivity index (χ4v) is 2.90. The number of rotatable bonds is 5.